The summed E-state index contributed by atoms with van der Waals surface area (Å²) in [6.45, 7) is 0.800. The Kier molecular flexibility index (Phi) is 3.57. The number of halogens is 1. The Morgan fingerprint density at radius 2 is 1.80 bits per heavy atom. The van der Waals surface area contributed by atoms with Crippen LogP contribution in [0.15, 0.2) is 60.8 Å². The van der Waals surface area contributed by atoms with Crippen molar-refractivity contribution in [1.82, 2.24) is 4.98 Å². The van der Waals surface area contributed by atoms with Crippen LogP contribution in [0.25, 0.3) is 10.9 Å². The minimum atomic E-state index is 0.749. The maximum absolute atomic E-state index is 6.23. The Morgan fingerprint density at radius 1 is 1.00 bits per heavy atom. The second kappa shape index (κ2) is 5.51. The average Bonchev–Trinajstić information content (AvgIpc) is 2.51. The largest absolute Gasteiger partial charge is 0.370 e. The molecular formula is C17H15ClN2. The summed E-state index contributed by atoms with van der Waals surface area (Å²) in [7, 11) is 2.08. The van der Waals surface area contributed by atoms with Gasteiger partial charge in [0.2, 0.25) is 0 Å². The number of hydrogen-bond donors (Lipinski definition) is 0. The van der Waals surface area contributed by atoms with E-state index in [1.807, 2.05) is 42.6 Å². The first kappa shape index (κ1) is 12.9. The Morgan fingerprint density at radius 3 is 2.60 bits per heavy atom. The Hall–Kier alpha value is -2.06. The lowest BCUT2D eigenvalue weighted by Gasteiger charge is -2.20. The zero-order valence-electron chi connectivity index (χ0n) is 11.3. The Bertz CT molecular complexity index is 725. The zero-order chi connectivity index (χ0) is 13.9. The molecule has 0 spiro atoms. The average molecular weight is 283 g/mol. The third-order valence-electron chi connectivity index (χ3n) is 3.40. The van der Waals surface area contributed by atoms with E-state index in [4.69, 9.17) is 11.6 Å². The second-order valence-corrected chi connectivity index (χ2v) is 5.20. The van der Waals surface area contributed by atoms with Crippen molar-refractivity contribution in [3.63, 3.8) is 0 Å². The monoisotopic (exact) mass is 282 g/mol. The van der Waals surface area contributed by atoms with Crippen molar-refractivity contribution in [2.24, 2.45) is 0 Å². The molecule has 20 heavy (non-hydrogen) atoms. The summed E-state index contributed by atoms with van der Waals surface area (Å²) in [6, 6.07) is 18.2. The highest BCUT2D eigenvalue weighted by Gasteiger charge is 2.08. The quantitative estimate of drug-likeness (QED) is 0.702. The fourth-order valence-corrected chi connectivity index (χ4v) is 2.57. The molecule has 1 heterocycles. The van der Waals surface area contributed by atoms with Gasteiger partial charge in [0.1, 0.15) is 0 Å². The fraction of sp³-hybridized carbons (Fsp3) is 0.118. The highest BCUT2D eigenvalue weighted by Crippen LogP contribution is 2.26. The second-order valence-electron chi connectivity index (χ2n) is 4.80. The van der Waals surface area contributed by atoms with E-state index in [-0.39, 0.29) is 0 Å². The van der Waals surface area contributed by atoms with Gasteiger partial charge in [-0.3, -0.25) is 4.98 Å². The van der Waals surface area contributed by atoms with E-state index in [0.29, 0.717) is 0 Å². The molecule has 100 valence electrons. The van der Waals surface area contributed by atoms with Crippen molar-refractivity contribution in [3.05, 3.63) is 71.4 Å². The topological polar surface area (TPSA) is 16.1 Å². The van der Waals surface area contributed by atoms with Crippen molar-refractivity contribution in [3.8, 4) is 0 Å². The highest BCUT2D eigenvalue weighted by molar-refractivity contribution is 6.35. The lowest BCUT2D eigenvalue weighted by atomic mass is 10.1. The number of fused-ring (bicyclic) bond motifs is 1. The minimum absolute atomic E-state index is 0.749. The number of benzene rings is 2. The van der Waals surface area contributed by atoms with Crippen LogP contribution in [-0.4, -0.2) is 12.0 Å². The van der Waals surface area contributed by atoms with Crippen molar-refractivity contribution in [2.45, 2.75) is 6.54 Å². The molecule has 2 aromatic carbocycles. The normalized spacial score (nSPS) is 10.7. The van der Waals surface area contributed by atoms with E-state index in [1.165, 1.54) is 11.3 Å². The van der Waals surface area contributed by atoms with Crippen LogP contribution in [-0.2, 0) is 6.54 Å². The predicted molar refractivity (Wildman–Crippen MR) is 85.3 cm³/mol. The van der Waals surface area contributed by atoms with Gasteiger partial charge in [0.25, 0.3) is 0 Å². The summed E-state index contributed by atoms with van der Waals surface area (Å²) in [5.41, 5.74) is 3.34. The van der Waals surface area contributed by atoms with Crippen LogP contribution >= 0.6 is 11.6 Å². The highest BCUT2D eigenvalue weighted by atomic mass is 35.5. The van der Waals surface area contributed by atoms with Gasteiger partial charge in [-0.05, 0) is 35.9 Å². The van der Waals surface area contributed by atoms with Crippen molar-refractivity contribution in [1.29, 1.82) is 0 Å². The summed E-state index contributed by atoms with van der Waals surface area (Å²) >= 11 is 6.23. The van der Waals surface area contributed by atoms with Gasteiger partial charge in [0, 0.05) is 35.9 Å². The number of anilines is 1. The molecule has 0 unspecified atom stereocenters. The van der Waals surface area contributed by atoms with Gasteiger partial charge < -0.3 is 4.90 Å². The molecule has 0 aliphatic carbocycles. The number of hydrogen-bond acceptors (Lipinski definition) is 2. The third kappa shape index (κ3) is 2.47. The molecule has 0 amide bonds. The van der Waals surface area contributed by atoms with Crippen LogP contribution < -0.4 is 4.90 Å². The number of pyridine rings is 1. The summed E-state index contributed by atoms with van der Waals surface area (Å²) in [5.74, 6) is 0. The van der Waals surface area contributed by atoms with E-state index in [1.54, 1.807) is 0 Å². The van der Waals surface area contributed by atoms with E-state index in [9.17, 15) is 0 Å². The van der Waals surface area contributed by atoms with Crippen LogP contribution in [0.4, 0.5) is 5.69 Å². The minimum Gasteiger partial charge on any atom is -0.370 e. The zero-order valence-corrected chi connectivity index (χ0v) is 12.0. The molecule has 0 fully saturated rings. The van der Waals surface area contributed by atoms with Gasteiger partial charge in [-0.25, -0.2) is 0 Å². The van der Waals surface area contributed by atoms with E-state index < -0.39 is 0 Å². The van der Waals surface area contributed by atoms with Crippen molar-refractivity contribution in [2.75, 3.05) is 11.9 Å². The molecule has 0 atom stereocenters. The number of para-hydroxylation sites is 1. The molecular weight excluding hydrogens is 268 g/mol. The maximum Gasteiger partial charge on any atom is 0.0766 e. The van der Waals surface area contributed by atoms with Crippen LogP contribution in [0, 0.1) is 0 Å². The van der Waals surface area contributed by atoms with Crippen molar-refractivity contribution >= 4 is 28.2 Å². The van der Waals surface area contributed by atoms with Crippen LogP contribution in [0.2, 0.25) is 5.02 Å². The number of rotatable bonds is 3. The van der Waals surface area contributed by atoms with Crippen molar-refractivity contribution < 1.29 is 0 Å². The van der Waals surface area contributed by atoms with E-state index in [0.717, 1.165) is 22.5 Å². The lowest BCUT2D eigenvalue weighted by Crippen LogP contribution is -2.16. The molecule has 0 saturated carbocycles. The Balaban J connectivity index is 1.97. The van der Waals surface area contributed by atoms with Gasteiger partial charge in [-0.2, -0.15) is 0 Å². The van der Waals surface area contributed by atoms with Gasteiger partial charge in [-0.15, -0.1) is 0 Å². The predicted octanol–water partition coefficient (Wildman–Crippen LogP) is 4.52. The first-order chi connectivity index (χ1) is 9.75. The van der Waals surface area contributed by atoms with Crippen LogP contribution in [0.1, 0.15) is 5.56 Å². The van der Waals surface area contributed by atoms with Crippen LogP contribution in [0.5, 0.6) is 0 Å². The smallest absolute Gasteiger partial charge is 0.0766 e. The maximum atomic E-state index is 6.23. The molecule has 0 radical (unpaired) electrons. The third-order valence-corrected chi connectivity index (χ3v) is 3.73. The van der Waals surface area contributed by atoms with E-state index >= 15 is 0 Å². The molecule has 1 aromatic heterocycles. The molecule has 0 saturated heterocycles. The first-order valence-electron chi connectivity index (χ1n) is 6.54. The standard InChI is InChI=1S/C17H15ClN2/c1-20(14-6-3-2-4-7-14)12-13-9-10-16(18)15-8-5-11-19-17(13)15/h2-11H,12H2,1H3. The molecule has 0 N–H and O–H groups in total. The van der Waals surface area contributed by atoms with Crippen LogP contribution in [0.3, 0.4) is 0 Å². The SMILES string of the molecule is CN(Cc1ccc(Cl)c2cccnc12)c1ccccc1. The molecule has 3 heteroatoms. The van der Waals surface area contributed by atoms with E-state index in [2.05, 4.69) is 35.1 Å². The Labute approximate surface area is 123 Å². The number of aromatic nitrogens is 1. The fourth-order valence-electron chi connectivity index (χ4n) is 2.35. The van der Waals surface area contributed by atoms with Gasteiger partial charge >= 0.3 is 0 Å². The molecule has 0 aliphatic heterocycles. The molecule has 0 bridgehead atoms. The molecule has 3 rings (SSSR count). The van der Waals surface area contributed by atoms with Gasteiger partial charge in [0.15, 0.2) is 0 Å². The van der Waals surface area contributed by atoms with Gasteiger partial charge in [0.05, 0.1) is 5.52 Å². The summed E-state index contributed by atoms with van der Waals surface area (Å²) < 4.78 is 0. The molecule has 0 aliphatic rings. The molecule has 2 nitrogen and oxygen atoms in total. The first-order valence-corrected chi connectivity index (χ1v) is 6.92. The lowest BCUT2D eigenvalue weighted by molar-refractivity contribution is 0.927. The number of nitrogens with zero attached hydrogens (tertiary/aromatic N) is 2. The summed E-state index contributed by atoms with van der Waals surface area (Å²) in [6.07, 6.45) is 1.81. The van der Waals surface area contributed by atoms with Gasteiger partial charge in [-0.1, -0.05) is 35.9 Å². The molecule has 3 aromatic rings. The summed E-state index contributed by atoms with van der Waals surface area (Å²) in [4.78, 5) is 6.68. The summed E-state index contributed by atoms with van der Waals surface area (Å²) in [5, 5.41) is 1.76.